The van der Waals surface area contributed by atoms with Gasteiger partial charge in [0.25, 0.3) is 10.0 Å². The molecule has 1 N–H and O–H groups in total. The molecule has 21 heavy (non-hydrogen) atoms. The number of nitrogens with one attached hydrogen (secondary N) is 1. The van der Waals surface area contributed by atoms with E-state index < -0.39 is 15.8 Å². The van der Waals surface area contributed by atoms with Crippen LogP contribution in [-0.2, 0) is 21.4 Å². The molecule has 0 aliphatic carbocycles. The maximum atomic E-state index is 12.9. The minimum Gasteiger partial charge on any atom is -0.380 e. The molecule has 0 atom stereocenters. The smallest absolute Gasteiger partial charge is 0.261 e. The summed E-state index contributed by atoms with van der Waals surface area (Å²) in [4.78, 5) is -0.00718. The lowest BCUT2D eigenvalue weighted by molar-refractivity contribution is 0.185. The van der Waals surface area contributed by atoms with Crippen LogP contribution in [0.3, 0.4) is 0 Å². The van der Waals surface area contributed by atoms with Gasteiger partial charge in [0.1, 0.15) is 5.82 Å². The van der Waals surface area contributed by atoms with Gasteiger partial charge in [-0.2, -0.15) is 0 Å². The summed E-state index contributed by atoms with van der Waals surface area (Å²) in [5.41, 5.74) is 1.10. The SMILES string of the molecule is COCc1c(Br)cccc1NS(=O)(=O)c1ccc(F)cc1. The second kappa shape index (κ2) is 6.55. The third kappa shape index (κ3) is 3.81. The quantitative estimate of drug-likeness (QED) is 0.871. The Balaban J connectivity index is 2.37. The fraction of sp³-hybridized carbons (Fsp3) is 0.143. The Bertz CT molecular complexity index is 732. The van der Waals surface area contributed by atoms with Crippen molar-refractivity contribution in [3.63, 3.8) is 0 Å². The molecule has 0 spiro atoms. The van der Waals surface area contributed by atoms with Crippen LogP contribution in [0.2, 0.25) is 0 Å². The normalized spacial score (nSPS) is 11.4. The van der Waals surface area contributed by atoms with Crippen LogP contribution in [0.5, 0.6) is 0 Å². The molecule has 0 heterocycles. The average Bonchev–Trinajstić information content (AvgIpc) is 2.43. The van der Waals surface area contributed by atoms with Gasteiger partial charge >= 0.3 is 0 Å². The van der Waals surface area contributed by atoms with E-state index in [1.807, 2.05) is 0 Å². The molecule has 0 aliphatic heterocycles. The van der Waals surface area contributed by atoms with Crippen molar-refractivity contribution >= 4 is 31.6 Å². The van der Waals surface area contributed by atoms with Crippen molar-refractivity contribution in [1.82, 2.24) is 0 Å². The summed E-state index contributed by atoms with van der Waals surface area (Å²) >= 11 is 3.36. The first-order valence-electron chi connectivity index (χ1n) is 5.99. The summed E-state index contributed by atoms with van der Waals surface area (Å²) < 4.78 is 45.8. The van der Waals surface area contributed by atoms with E-state index in [9.17, 15) is 12.8 Å². The van der Waals surface area contributed by atoms with E-state index in [2.05, 4.69) is 20.7 Å². The molecular formula is C14H13BrFNO3S. The fourth-order valence-corrected chi connectivity index (χ4v) is 3.34. The summed E-state index contributed by atoms with van der Waals surface area (Å²) in [6, 6.07) is 9.78. The molecule has 7 heteroatoms. The van der Waals surface area contributed by atoms with E-state index in [1.54, 1.807) is 18.2 Å². The number of methoxy groups -OCH3 is 1. The van der Waals surface area contributed by atoms with Gasteiger partial charge in [-0.1, -0.05) is 22.0 Å². The second-order valence-corrected chi connectivity index (χ2v) is 6.80. The molecule has 0 radical (unpaired) electrons. The fourth-order valence-electron chi connectivity index (χ4n) is 1.76. The number of hydrogen-bond acceptors (Lipinski definition) is 3. The van der Waals surface area contributed by atoms with Crippen LogP contribution >= 0.6 is 15.9 Å². The number of halogens is 2. The summed E-state index contributed by atoms with van der Waals surface area (Å²) in [7, 11) is -2.26. The summed E-state index contributed by atoms with van der Waals surface area (Å²) in [5.74, 6) is -0.489. The van der Waals surface area contributed by atoms with Gasteiger partial charge in [0.2, 0.25) is 0 Å². The van der Waals surface area contributed by atoms with Gasteiger partial charge in [-0.25, -0.2) is 12.8 Å². The highest BCUT2D eigenvalue weighted by Crippen LogP contribution is 2.27. The largest absolute Gasteiger partial charge is 0.380 e. The molecule has 112 valence electrons. The van der Waals surface area contributed by atoms with E-state index in [-0.39, 0.29) is 11.5 Å². The van der Waals surface area contributed by atoms with Gasteiger partial charge < -0.3 is 4.74 Å². The summed E-state index contributed by atoms with van der Waals surface area (Å²) in [6.45, 7) is 0.253. The van der Waals surface area contributed by atoms with E-state index in [0.717, 1.165) is 16.6 Å². The Morgan fingerprint density at radius 1 is 1.19 bits per heavy atom. The highest BCUT2D eigenvalue weighted by Gasteiger charge is 2.17. The molecular weight excluding hydrogens is 361 g/mol. The Labute approximate surface area is 131 Å². The third-order valence-electron chi connectivity index (χ3n) is 2.78. The standard InChI is InChI=1S/C14H13BrFNO3S/c1-20-9-12-13(15)3-2-4-14(12)17-21(18,19)11-7-5-10(16)6-8-11/h2-8,17H,9H2,1H3. The summed E-state index contributed by atoms with van der Waals surface area (Å²) in [5, 5.41) is 0. The minimum atomic E-state index is -3.78. The lowest BCUT2D eigenvalue weighted by Crippen LogP contribution is -2.14. The minimum absolute atomic E-state index is 0.00718. The molecule has 0 saturated carbocycles. The zero-order valence-corrected chi connectivity index (χ0v) is 13.5. The topological polar surface area (TPSA) is 55.4 Å². The molecule has 0 aliphatic rings. The van der Waals surface area contributed by atoms with Crippen molar-refractivity contribution in [3.8, 4) is 0 Å². The van der Waals surface area contributed by atoms with Crippen molar-refractivity contribution in [2.24, 2.45) is 0 Å². The van der Waals surface area contributed by atoms with Crippen molar-refractivity contribution < 1.29 is 17.5 Å². The highest BCUT2D eigenvalue weighted by molar-refractivity contribution is 9.10. The molecule has 4 nitrogen and oxygen atoms in total. The van der Waals surface area contributed by atoms with Gasteiger partial charge in [-0.15, -0.1) is 0 Å². The van der Waals surface area contributed by atoms with Crippen molar-refractivity contribution in [1.29, 1.82) is 0 Å². The lowest BCUT2D eigenvalue weighted by Gasteiger charge is -2.13. The number of hydrogen-bond donors (Lipinski definition) is 1. The first kappa shape index (κ1) is 15.9. The number of anilines is 1. The van der Waals surface area contributed by atoms with Crippen LogP contribution in [0.25, 0.3) is 0 Å². The van der Waals surface area contributed by atoms with Crippen LogP contribution in [0.1, 0.15) is 5.56 Å². The van der Waals surface area contributed by atoms with Gasteiger partial charge in [0.15, 0.2) is 0 Å². The molecule has 0 saturated heterocycles. The van der Waals surface area contributed by atoms with E-state index >= 15 is 0 Å². The maximum Gasteiger partial charge on any atom is 0.261 e. The van der Waals surface area contributed by atoms with E-state index in [4.69, 9.17) is 4.74 Å². The molecule has 2 rings (SSSR count). The molecule has 0 bridgehead atoms. The molecule has 0 fully saturated rings. The Morgan fingerprint density at radius 3 is 2.48 bits per heavy atom. The zero-order chi connectivity index (χ0) is 15.5. The molecule has 2 aromatic rings. The van der Waals surface area contributed by atoms with E-state index in [0.29, 0.717) is 11.3 Å². The molecule has 0 unspecified atom stereocenters. The molecule has 2 aromatic carbocycles. The predicted octanol–water partition coefficient (Wildman–Crippen LogP) is 3.54. The Morgan fingerprint density at radius 2 is 1.86 bits per heavy atom. The van der Waals surface area contributed by atoms with Crippen LogP contribution in [0.4, 0.5) is 10.1 Å². The van der Waals surface area contributed by atoms with Crippen LogP contribution in [0, 0.1) is 5.82 Å². The lowest BCUT2D eigenvalue weighted by atomic mass is 10.2. The highest BCUT2D eigenvalue weighted by atomic mass is 79.9. The first-order valence-corrected chi connectivity index (χ1v) is 8.26. The third-order valence-corrected chi connectivity index (χ3v) is 4.90. The Hall–Kier alpha value is -1.44. The number of sulfonamides is 1. The first-order chi connectivity index (χ1) is 9.94. The second-order valence-electron chi connectivity index (χ2n) is 4.26. The van der Waals surface area contributed by atoms with Crippen LogP contribution in [-0.4, -0.2) is 15.5 Å². The van der Waals surface area contributed by atoms with Gasteiger partial charge in [0, 0.05) is 17.1 Å². The zero-order valence-electron chi connectivity index (χ0n) is 11.1. The van der Waals surface area contributed by atoms with Gasteiger partial charge in [0.05, 0.1) is 17.2 Å². The Kier molecular flexibility index (Phi) is 4.97. The number of rotatable bonds is 5. The maximum absolute atomic E-state index is 12.9. The van der Waals surface area contributed by atoms with Gasteiger partial charge in [-0.3, -0.25) is 4.72 Å². The van der Waals surface area contributed by atoms with Crippen LogP contribution < -0.4 is 4.72 Å². The predicted molar refractivity (Wildman–Crippen MR) is 82.1 cm³/mol. The van der Waals surface area contributed by atoms with E-state index in [1.165, 1.54) is 19.2 Å². The van der Waals surface area contributed by atoms with Crippen LogP contribution in [0.15, 0.2) is 51.8 Å². The molecule has 0 aromatic heterocycles. The number of benzene rings is 2. The van der Waals surface area contributed by atoms with Crippen molar-refractivity contribution in [2.75, 3.05) is 11.8 Å². The van der Waals surface area contributed by atoms with Gasteiger partial charge in [-0.05, 0) is 36.4 Å². The van der Waals surface area contributed by atoms with Crippen molar-refractivity contribution in [2.45, 2.75) is 11.5 Å². The van der Waals surface area contributed by atoms with Crippen molar-refractivity contribution in [3.05, 3.63) is 58.3 Å². The molecule has 0 amide bonds. The monoisotopic (exact) mass is 373 g/mol. The summed E-state index contributed by atoms with van der Waals surface area (Å²) in [6.07, 6.45) is 0. The number of ether oxygens (including phenoxy) is 1. The average molecular weight is 374 g/mol.